The van der Waals surface area contributed by atoms with E-state index in [2.05, 4.69) is 41.1 Å². The molecule has 0 radical (unpaired) electrons. The summed E-state index contributed by atoms with van der Waals surface area (Å²) >= 11 is 5.33. The topological polar surface area (TPSA) is 54.3 Å². The summed E-state index contributed by atoms with van der Waals surface area (Å²) in [5.41, 5.74) is 6.59. The van der Waals surface area contributed by atoms with Crippen LogP contribution in [0.5, 0.6) is 0 Å². The average Bonchev–Trinajstić information content (AvgIpc) is 3.18. The molecule has 198 valence electrons. The van der Waals surface area contributed by atoms with Crippen molar-refractivity contribution >= 4 is 40.9 Å². The van der Waals surface area contributed by atoms with Gasteiger partial charge in [-0.15, -0.1) is 0 Å². The van der Waals surface area contributed by atoms with Crippen molar-refractivity contribution in [2.45, 2.75) is 57.8 Å². The summed E-state index contributed by atoms with van der Waals surface area (Å²) in [4.78, 5) is 27.7. The van der Waals surface area contributed by atoms with Gasteiger partial charge in [-0.1, -0.05) is 30.3 Å². The van der Waals surface area contributed by atoms with Gasteiger partial charge in [0.2, 0.25) is 0 Å². The number of nitrogens with zero attached hydrogens (tertiary/aromatic N) is 2. The Bertz CT molecular complexity index is 1500. The van der Waals surface area contributed by atoms with Gasteiger partial charge in [-0.25, -0.2) is 0 Å². The number of rotatable bonds is 4. The number of benzene rings is 2. The Morgan fingerprint density at radius 3 is 2.10 bits per heavy atom. The van der Waals surface area contributed by atoms with Crippen LogP contribution in [-0.2, 0) is 15.0 Å². The lowest BCUT2D eigenvalue weighted by Crippen LogP contribution is -2.54. The van der Waals surface area contributed by atoms with Gasteiger partial charge in [0.05, 0.1) is 5.69 Å². The Kier molecular flexibility index (Phi) is 5.67. The lowest BCUT2D eigenvalue weighted by molar-refractivity contribution is -0.122. The minimum Gasteiger partial charge on any atom is -0.318 e. The predicted molar refractivity (Wildman–Crippen MR) is 158 cm³/mol. The third-order valence-corrected chi connectivity index (χ3v) is 9.95. The fourth-order valence-corrected chi connectivity index (χ4v) is 8.66. The van der Waals surface area contributed by atoms with Gasteiger partial charge in [0, 0.05) is 17.1 Å². The minimum atomic E-state index is -0.470. The van der Waals surface area contributed by atoms with Gasteiger partial charge < -0.3 is 4.57 Å². The largest absolute Gasteiger partial charge is 0.318 e. The van der Waals surface area contributed by atoms with Crippen LogP contribution in [0.25, 0.3) is 11.8 Å². The van der Waals surface area contributed by atoms with Gasteiger partial charge in [-0.2, -0.15) is 0 Å². The number of nitrogens with one attached hydrogen (secondary N) is 1. The summed E-state index contributed by atoms with van der Waals surface area (Å²) in [6, 6.07) is 20.4. The zero-order valence-corrected chi connectivity index (χ0v) is 23.3. The summed E-state index contributed by atoms with van der Waals surface area (Å²) in [7, 11) is 0. The molecule has 2 aromatic carbocycles. The highest BCUT2D eigenvalue weighted by molar-refractivity contribution is 7.80. The van der Waals surface area contributed by atoms with E-state index in [1.54, 1.807) is 18.2 Å². The maximum Gasteiger partial charge on any atom is 0.270 e. The number of thiocarbonyl (C=S) groups is 1. The normalized spacial score (nSPS) is 28.9. The van der Waals surface area contributed by atoms with Crippen LogP contribution < -0.4 is 10.2 Å². The maximum absolute atomic E-state index is 13.4. The predicted octanol–water partition coefficient (Wildman–Crippen LogP) is 6.39. The first-order valence-electron chi connectivity index (χ1n) is 14.1. The fraction of sp³-hybridized carbons (Fsp3) is 0.364. The van der Waals surface area contributed by atoms with Gasteiger partial charge in [0.25, 0.3) is 11.8 Å². The van der Waals surface area contributed by atoms with E-state index in [-0.39, 0.29) is 10.7 Å². The standard InChI is InChI=1S/C33H33N3O2S/c1-20-12-25(16-29-30(37)34-32(39)36(31(29)38)27-6-4-3-5-7-27)21(2)35(20)28-10-8-26(9-11-28)33-17-22-13-23(18-33)15-24(14-22)19-33/h3-12,16,22-24H,13-15,17-19H2,1-2H3,(H,34,37,39)/b29-16+. The van der Waals surface area contributed by atoms with Crippen LogP contribution in [0, 0.1) is 31.6 Å². The van der Waals surface area contributed by atoms with Crippen molar-refractivity contribution in [3.05, 3.63) is 88.8 Å². The number of anilines is 1. The Morgan fingerprint density at radius 1 is 0.872 bits per heavy atom. The molecule has 4 bridgehead atoms. The smallest absolute Gasteiger partial charge is 0.270 e. The van der Waals surface area contributed by atoms with E-state index in [4.69, 9.17) is 12.2 Å². The Balaban J connectivity index is 1.20. The van der Waals surface area contributed by atoms with Crippen LogP contribution in [0.4, 0.5) is 5.69 Å². The first kappa shape index (κ1) is 24.5. The van der Waals surface area contributed by atoms with Gasteiger partial charge in [-0.05, 0) is 135 Å². The van der Waals surface area contributed by atoms with Gasteiger partial charge in [0.15, 0.2) is 5.11 Å². The highest BCUT2D eigenvalue weighted by Gasteiger charge is 2.51. The number of aryl methyl sites for hydroxylation is 1. The van der Waals surface area contributed by atoms with E-state index in [9.17, 15) is 9.59 Å². The monoisotopic (exact) mass is 535 g/mol. The van der Waals surface area contributed by atoms with Crippen LogP contribution in [0.15, 0.2) is 66.2 Å². The summed E-state index contributed by atoms with van der Waals surface area (Å²) in [6.07, 6.45) is 10.1. The highest BCUT2D eigenvalue weighted by atomic mass is 32.1. The molecule has 3 aromatic rings. The number of carbonyl (C=O) groups excluding carboxylic acids is 2. The van der Waals surface area contributed by atoms with Crippen molar-refractivity contribution in [3.63, 3.8) is 0 Å². The number of hydrogen-bond acceptors (Lipinski definition) is 3. The van der Waals surface area contributed by atoms with Crippen molar-refractivity contribution in [1.29, 1.82) is 0 Å². The molecule has 4 aliphatic carbocycles. The fourth-order valence-electron chi connectivity index (χ4n) is 8.38. The van der Waals surface area contributed by atoms with Gasteiger partial charge in [0.1, 0.15) is 5.57 Å². The molecular weight excluding hydrogens is 502 g/mol. The number of carbonyl (C=O) groups is 2. The number of para-hydroxylation sites is 1. The molecule has 0 spiro atoms. The molecule has 1 aliphatic heterocycles. The van der Waals surface area contributed by atoms with Gasteiger partial charge in [-0.3, -0.25) is 19.8 Å². The van der Waals surface area contributed by atoms with Crippen LogP contribution in [0.2, 0.25) is 0 Å². The van der Waals surface area contributed by atoms with Crippen LogP contribution in [0.1, 0.15) is 61.0 Å². The molecule has 1 aromatic heterocycles. The number of aromatic nitrogens is 1. The maximum atomic E-state index is 13.4. The summed E-state index contributed by atoms with van der Waals surface area (Å²) in [5.74, 6) is 1.88. The lowest BCUT2D eigenvalue weighted by atomic mass is 9.48. The minimum absolute atomic E-state index is 0.0740. The van der Waals surface area contributed by atoms with Crippen LogP contribution in [-0.4, -0.2) is 21.5 Å². The Hall–Kier alpha value is -3.51. The average molecular weight is 536 g/mol. The van der Waals surface area contributed by atoms with E-state index in [0.717, 1.165) is 40.4 Å². The molecule has 6 heteroatoms. The zero-order valence-electron chi connectivity index (χ0n) is 22.4. The SMILES string of the molecule is Cc1cc(/C=C2\C(=O)NC(=S)N(c3ccccc3)C2=O)c(C)n1-c1ccc(C23CC4CC(CC(C4)C2)C3)cc1. The number of hydrogen-bond donors (Lipinski definition) is 1. The second-order valence-corrected chi connectivity index (χ2v) is 12.6. The van der Waals surface area contributed by atoms with Crippen molar-refractivity contribution in [2.75, 3.05) is 4.90 Å². The van der Waals surface area contributed by atoms with Gasteiger partial charge >= 0.3 is 0 Å². The first-order chi connectivity index (χ1) is 18.8. The van der Waals surface area contributed by atoms with Crippen molar-refractivity contribution in [3.8, 4) is 5.69 Å². The van der Waals surface area contributed by atoms with Crippen LogP contribution >= 0.6 is 12.2 Å². The molecule has 2 amide bonds. The van der Waals surface area contributed by atoms with Crippen molar-refractivity contribution in [1.82, 2.24) is 9.88 Å². The van der Waals surface area contributed by atoms with E-state index >= 15 is 0 Å². The quantitative estimate of drug-likeness (QED) is 0.239. The summed E-state index contributed by atoms with van der Waals surface area (Å²) in [6.45, 7) is 4.10. The summed E-state index contributed by atoms with van der Waals surface area (Å²) < 4.78 is 2.21. The second-order valence-electron chi connectivity index (χ2n) is 12.2. The van der Waals surface area contributed by atoms with E-state index in [0.29, 0.717) is 11.1 Å². The molecule has 8 rings (SSSR count). The summed E-state index contributed by atoms with van der Waals surface area (Å²) in [5, 5.41) is 2.78. The molecule has 0 atom stereocenters. The van der Waals surface area contributed by atoms with Crippen LogP contribution in [0.3, 0.4) is 0 Å². The molecular formula is C33H33N3O2S. The van der Waals surface area contributed by atoms with Crippen molar-refractivity contribution in [2.24, 2.45) is 17.8 Å². The van der Waals surface area contributed by atoms with E-state index in [1.165, 1.54) is 49.0 Å². The molecule has 39 heavy (non-hydrogen) atoms. The third-order valence-electron chi connectivity index (χ3n) is 9.66. The molecule has 5 fully saturated rings. The Morgan fingerprint density at radius 2 is 1.49 bits per heavy atom. The third kappa shape index (κ3) is 3.99. The highest BCUT2D eigenvalue weighted by Crippen LogP contribution is 2.60. The van der Waals surface area contributed by atoms with E-state index < -0.39 is 11.8 Å². The molecule has 0 unspecified atom stereocenters. The molecule has 5 nitrogen and oxygen atoms in total. The molecule has 1 N–H and O–H groups in total. The Labute approximate surface area is 234 Å². The molecule has 2 heterocycles. The second kappa shape index (κ2) is 9.02. The lowest BCUT2D eigenvalue weighted by Gasteiger charge is -2.57. The number of amides is 2. The van der Waals surface area contributed by atoms with E-state index in [1.807, 2.05) is 31.2 Å². The van der Waals surface area contributed by atoms with Crippen molar-refractivity contribution < 1.29 is 9.59 Å². The molecule has 1 saturated heterocycles. The molecule has 5 aliphatic rings. The molecule has 4 saturated carbocycles. The first-order valence-corrected chi connectivity index (χ1v) is 14.5. The zero-order chi connectivity index (χ0) is 26.9.